The van der Waals surface area contributed by atoms with Crippen LogP contribution in [0.5, 0.6) is 0 Å². The van der Waals surface area contributed by atoms with E-state index >= 15 is 0 Å². The molecule has 0 aromatic rings. The zero-order valence-corrected chi connectivity index (χ0v) is 11.3. The van der Waals surface area contributed by atoms with Crippen LogP contribution in [0.2, 0.25) is 0 Å². The number of Topliss-reactive ketones (excluding diaryl/α,β-unsaturated/α-hetero) is 2. The smallest absolute Gasteiger partial charge is 0.407 e. The van der Waals surface area contributed by atoms with Crippen molar-refractivity contribution in [2.24, 2.45) is 16.7 Å². The van der Waals surface area contributed by atoms with E-state index in [0.717, 1.165) is 0 Å². The van der Waals surface area contributed by atoms with Crippen LogP contribution < -0.4 is 0 Å². The molecule has 2 saturated heterocycles. The molecule has 3 rings (SSSR count). The molecule has 2 heterocycles. The Bertz CT molecular complexity index is 380. The van der Waals surface area contributed by atoms with Crippen LogP contribution in [0.3, 0.4) is 0 Å². The van der Waals surface area contributed by atoms with Gasteiger partial charge in [-0.15, -0.1) is 5.92 Å². The quantitative estimate of drug-likeness (QED) is 0.383. The van der Waals surface area contributed by atoms with E-state index in [1.165, 1.54) is 0 Å². The summed E-state index contributed by atoms with van der Waals surface area (Å²) in [6.07, 6.45) is 1.94. The molecule has 3 fully saturated rings. The van der Waals surface area contributed by atoms with Gasteiger partial charge in [0.25, 0.3) is 0 Å². The Hall–Kier alpha value is -0.0766. The first-order chi connectivity index (χ1) is 6.92. The molecule has 0 N–H and O–H groups in total. The minimum absolute atomic E-state index is 0. The Morgan fingerprint density at radius 3 is 2.44 bits per heavy atom. The van der Waals surface area contributed by atoms with Crippen molar-refractivity contribution >= 4 is 11.6 Å². The molecule has 3 nitrogen and oxygen atoms in total. The maximum absolute atomic E-state index is 12.0. The first kappa shape index (κ1) is 12.4. The van der Waals surface area contributed by atoms with E-state index < -0.39 is 10.8 Å². The first-order valence-corrected chi connectivity index (χ1v) is 5.49. The standard InChI is InChI=1S/C12H15O3.Ru/c1-6-4-9-11(2)7(13)5-8(14)12(11,3)10(6)15-9;/h4,6,9-10H,5H2,1-3H3;/q-1;+1. The molecule has 3 aliphatic rings. The molecule has 0 aromatic heterocycles. The van der Waals surface area contributed by atoms with Crippen LogP contribution in [0.1, 0.15) is 27.2 Å². The fraction of sp³-hybridized carbons (Fsp3) is 0.750. The van der Waals surface area contributed by atoms with E-state index in [-0.39, 0.29) is 55.6 Å². The predicted molar refractivity (Wildman–Crippen MR) is 53.0 cm³/mol. The van der Waals surface area contributed by atoms with E-state index in [1.807, 2.05) is 13.8 Å². The van der Waals surface area contributed by atoms with Gasteiger partial charge < -0.3 is 4.74 Å². The molecule has 5 unspecified atom stereocenters. The maximum Gasteiger partial charge on any atom is 1.00 e. The Kier molecular flexibility index (Phi) is 2.50. The van der Waals surface area contributed by atoms with E-state index in [1.54, 1.807) is 0 Å². The summed E-state index contributed by atoms with van der Waals surface area (Å²) >= 11 is 0. The number of hydrogen-bond acceptors (Lipinski definition) is 3. The fourth-order valence-corrected chi connectivity index (χ4v) is 3.69. The van der Waals surface area contributed by atoms with Crippen molar-refractivity contribution in [2.45, 2.75) is 39.4 Å². The largest absolute Gasteiger partial charge is 1.00 e. The first-order valence-electron chi connectivity index (χ1n) is 5.49. The minimum Gasteiger partial charge on any atom is -0.407 e. The summed E-state index contributed by atoms with van der Waals surface area (Å²) in [6.45, 7) is 5.87. The van der Waals surface area contributed by atoms with Crippen molar-refractivity contribution in [2.75, 3.05) is 0 Å². The van der Waals surface area contributed by atoms with E-state index in [4.69, 9.17) is 4.74 Å². The van der Waals surface area contributed by atoms with Crippen LogP contribution in [0, 0.1) is 23.2 Å². The van der Waals surface area contributed by atoms with E-state index in [0.29, 0.717) is 0 Å². The molecule has 0 spiro atoms. The molecule has 0 amide bonds. The Morgan fingerprint density at radius 1 is 1.25 bits per heavy atom. The molecule has 1 saturated carbocycles. The average molecular weight is 308 g/mol. The molecular formula is C12H15O3Ru. The molecule has 5 atom stereocenters. The van der Waals surface area contributed by atoms with Crippen LogP contribution in [-0.4, -0.2) is 23.8 Å². The number of carbonyl (C=O) groups is 2. The summed E-state index contributed by atoms with van der Waals surface area (Å²) in [7, 11) is 0. The van der Waals surface area contributed by atoms with Gasteiger partial charge >= 0.3 is 19.5 Å². The van der Waals surface area contributed by atoms with Gasteiger partial charge in [0, 0.05) is 11.5 Å². The van der Waals surface area contributed by atoms with Crippen molar-refractivity contribution in [3.8, 4) is 0 Å². The second-order valence-corrected chi connectivity index (χ2v) is 5.46. The summed E-state index contributed by atoms with van der Waals surface area (Å²) in [5.74, 6) is 0.413. The van der Waals surface area contributed by atoms with Gasteiger partial charge in [-0.2, -0.15) is 0 Å². The Balaban J connectivity index is 0.000000963. The van der Waals surface area contributed by atoms with Gasteiger partial charge in [0.15, 0.2) is 0 Å². The molecule has 89 valence electrons. The van der Waals surface area contributed by atoms with Gasteiger partial charge in [0.1, 0.15) is 11.6 Å². The SMILES string of the molecule is CC1[CH-]C2OC1C1(C)C(=O)CC(=O)C21C.[Ru+]. The maximum atomic E-state index is 12.0. The van der Waals surface area contributed by atoms with Crippen LogP contribution >= 0.6 is 0 Å². The van der Waals surface area contributed by atoms with Crippen molar-refractivity contribution < 1.29 is 33.8 Å². The third-order valence-electron chi connectivity index (χ3n) is 4.95. The minimum atomic E-state index is -0.596. The summed E-state index contributed by atoms with van der Waals surface area (Å²) in [6, 6.07) is 0. The molecule has 16 heavy (non-hydrogen) atoms. The van der Waals surface area contributed by atoms with Gasteiger partial charge in [-0.25, -0.2) is 0 Å². The van der Waals surface area contributed by atoms with Gasteiger partial charge in [-0.05, 0) is 6.92 Å². The second-order valence-electron chi connectivity index (χ2n) is 5.46. The summed E-state index contributed by atoms with van der Waals surface area (Å²) in [4.78, 5) is 24.0. The number of rotatable bonds is 0. The van der Waals surface area contributed by atoms with Crippen LogP contribution in [0.25, 0.3) is 0 Å². The number of ether oxygens (including phenoxy) is 1. The van der Waals surface area contributed by atoms with Crippen molar-refractivity contribution in [3.05, 3.63) is 6.42 Å². The molecule has 4 heteroatoms. The molecule has 2 bridgehead atoms. The van der Waals surface area contributed by atoms with Crippen molar-refractivity contribution in [1.82, 2.24) is 0 Å². The molecule has 0 aromatic carbocycles. The predicted octanol–water partition coefficient (Wildman–Crippen LogP) is 1.16. The molecule has 1 radical (unpaired) electrons. The summed E-state index contributed by atoms with van der Waals surface area (Å²) in [5, 5.41) is 0. The average Bonchev–Trinajstić information content (AvgIpc) is 2.69. The second kappa shape index (κ2) is 3.23. The fourth-order valence-electron chi connectivity index (χ4n) is 3.69. The summed E-state index contributed by atoms with van der Waals surface area (Å²) < 4.78 is 5.80. The normalized spacial score (nSPS) is 54.1. The zero-order valence-electron chi connectivity index (χ0n) is 9.59. The number of fused-ring (bicyclic) bond motifs is 5. The van der Waals surface area contributed by atoms with Gasteiger partial charge in [-0.1, -0.05) is 20.0 Å². The van der Waals surface area contributed by atoms with Gasteiger partial charge in [0.2, 0.25) is 0 Å². The van der Waals surface area contributed by atoms with E-state index in [9.17, 15) is 9.59 Å². The summed E-state index contributed by atoms with van der Waals surface area (Å²) in [5.41, 5.74) is -1.18. The Morgan fingerprint density at radius 2 is 1.81 bits per heavy atom. The van der Waals surface area contributed by atoms with Crippen LogP contribution in [-0.2, 0) is 33.8 Å². The molecule has 1 aliphatic carbocycles. The number of carbonyl (C=O) groups excluding carboxylic acids is 2. The van der Waals surface area contributed by atoms with Crippen LogP contribution in [0.4, 0.5) is 0 Å². The topological polar surface area (TPSA) is 43.4 Å². The van der Waals surface area contributed by atoms with Gasteiger partial charge in [0.05, 0.1) is 11.8 Å². The monoisotopic (exact) mass is 309 g/mol. The third kappa shape index (κ3) is 0.972. The van der Waals surface area contributed by atoms with Crippen molar-refractivity contribution in [3.63, 3.8) is 0 Å². The van der Waals surface area contributed by atoms with Crippen molar-refractivity contribution in [1.29, 1.82) is 0 Å². The third-order valence-corrected chi connectivity index (χ3v) is 4.95. The van der Waals surface area contributed by atoms with E-state index in [2.05, 4.69) is 13.3 Å². The molecular weight excluding hydrogens is 293 g/mol. The van der Waals surface area contributed by atoms with Crippen LogP contribution in [0.15, 0.2) is 0 Å². The molecule has 2 aliphatic heterocycles. The van der Waals surface area contributed by atoms with Gasteiger partial charge in [-0.3, -0.25) is 16.0 Å². The Labute approximate surface area is 108 Å². The number of ketones is 2. The number of hydrogen-bond donors (Lipinski definition) is 0. The zero-order chi connectivity index (χ0) is 11.0.